The fourth-order valence-electron chi connectivity index (χ4n) is 4.64. The molecule has 10 heteroatoms. The lowest BCUT2D eigenvalue weighted by molar-refractivity contribution is -0.137. The number of hydrogen-bond acceptors (Lipinski definition) is 3. The van der Waals surface area contributed by atoms with Crippen LogP contribution in [0.2, 0.25) is 0 Å². The van der Waals surface area contributed by atoms with Gasteiger partial charge in [0.15, 0.2) is 0 Å². The first-order valence-corrected chi connectivity index (χ1v) is 14.1. The minimum Gasteiger partial charge on any atom is -0.361 e. The molecule has 1 aliphatic carbocycles. The van der Waals surface area contributed by atoms with Crippen LogP contribution in [0.3, 0.4) is 0 Å². The van der Waals surface area contributed by atoms with Gasteiger partial charge in [-0.25, -0.2) is 8.42 Å². The number of hydrogen-bond donors (Lipinski definition) is 1. The second kappa shape index (κ2) is 10.9. The van der Waals surface area contributed by atoms with Crippen LogP contribution in [0.5, 0.6) is 0 Å². The second-order valence-electron chi connectivity index (χ2n) is 9.71. The molecule has 1 amide bonds. The predicted molar refractivity (Wildman–Crippen MR) is 142 cm³/mol. The highest BCUT2D eigenvalue weighted by molar-refractivity contribution is 7.89. The number of fused-ring (bicyclic) bond motifs is 1. The number of H-pyrrole nitrogens is 1. The summed E-state index contributed by atoms with van der Waals surface area (Å²) in [4.78, 5) is 18.5. The van der Waals surface area contributed by atoms with Gasteiger partial charge < -0.3 is 9.88 Å². The summed E-state index contributed by atoms with van der Waals surface area (Å²) >= 11 is 0. The Hall–Kier alpha value is -3.63. The molecule has 1 fully saturated rings. The molecule has 5 rings (SSSR count). The number of aromatic amines is 1. The minimum atomic E-state index is -4.46. The lowest BCUT2D eigenvalue weighted by Crippen LogP contribution is -2.44. The molecule has 3 aromatic carbocycles. The van der Waals surface area contributed by atoms with Crippen LogP contribution < -0.4 is 0 Å². The molecule has 0 spiro atoms. The third-order valence-corrected chi connectivity index (χ3v) is 8.84. The zero-order valence-corrected chi connectivity index (χ0v) is 21.9. The van der Waals surface area contributed by atoms with Crippen molar-refractivity contribution in [3.63, 3.8) is 0 Å². The minimum absolute atomic E-state index is 0.0587. The first kappa shape index (κ1) is 27.0. The van der Waals surface area contributed by atoms with E-state index in [1.165, 1.54) is 33.5 Å². The average molecular weight is 556 g/mol. The second-order valence-corrected chi connectivity index (χ2v) is 11.6. The van der Waals surface area contributed by atoms with Crippen LogP contribution in [0.1, 0.15) is 29.5 Å². The van der Waals surface area contributed by atoms with E-state index in [2.05, 4.69) is 4.98 Å². The fraction of sp³-hybridized carbons (Fsp3) is 0.276. The van der Waals surface area contributed by atoms with Crippen LogP contribution in [0.15, 0.2) is 90.0 Å². The van der Waals surface area contributed by atoms with Gasteiger partial charge in [0.2, 0.25) is 15.9 Å². The SMILES string of the molecule is O=C(CN(C1CC1)S(=O)(=O)c1ccccc1)N(CCc1c[nH]c2ccccc12)Cc1ccc(C(F)(F)F)cc1. The molecular weight excluding hydrogens is 527 g/mol. The molecule has 1 aliphatic rings. The number of halogens is 3. The van der Waals surface area contributed by atoms with Crippen LogP contribution in [-0.2, 0) is 34.0 Å². The first-order chi connectivity index (χ1) is 18.6. The summed E-state index contributed by atoms with van der Waals surface area (Å²) in [5, 5.41) is 1.02. The van der Waals surface area contributed by atoms with Crippen LogP contribution in [0.4, 0.5) is 13.2 Å². The Kier molecular flexibility index (Phi) is 7.51. The first-order valence-electron chi connectivity index (χ1n) is 12.7. The number of amides is 1. The van der Waals surface area contributed by atoms with E-state index in [0.717, 1.165) is 28.6 Å². The van der Waals surface area contributed by atoms with E-state index in [1.54, 1.807) is 18.2 Å². The van der Waals surface area contributed by atoms with Gasteiger partial charge in [-0.3, -0.25) is 4.79 Å². The van der Waals surface area contributed by atoms with Gasteiger partial charge in [-0.1, -0.05) is 48.5 Å². The Bertz CT molecular complexity index is 1550. The smallest absolute Gasteiger partial charge is 0.361 e. The lowest BCUT2D eigenvalue weighted by Gasteiger charge is -2.27. The maximum Gasteiger partial charge on any atom is 0.416 e. The number of alkyl halides is 3. The van der Waals surface area contributed by atoms with Crippen molar-refractivity contribution >= 4 is 26.8 Å². The molecule has 204 valence electrons. The summed E-state index contributed by atoms with van der Waals surface area (Å²) in [7, 11) is -3.89. The molecule has 0 bridgehead atoms. The highest BCUT2D eigenvalue weighted by Crippen LogP contribution is 2.32. The molecule has 1 N–H and O–H groups in total. The number of carbonyl (C=O) groups excluding carboxylic acids is 1. The number of rotatable bonds is 10. The van der Waals surface area contributed by atoms with Crippen LogP contribution in [0.25, 0.3) is 10.9 Å². The van der Waals surface area contributed by atoms with E-state index < -0.39 is 27.7 Å². The molecule has 6 nitrogen and oxygen atoms in total. The Balaban J connectivity index is 1.39. The summed E-state index contributed by atoms with van der Waals surface area (Å²) < 4.78 is 67.2. The standard InChI is InChI=1S/C29H28F3N3O3S/c30-29(31,32)23-12-10-21(11-13-23)19-34(17-16-22-18-33-27-9-5-4-8-26(22)27)28(36)20-35(24-14-15-24)39(37,38)25-6-2-1-3-7-25/h1-13,18,24,33H,14-17,19-20H2. The Morgan fingerprint density at radius 1 is 0.923 bits per heavy atom. The number of carbonyl (C=O) groups is 1. The van der Waals surface area contributed by atoms with Crippen molar-refractivity contribution in [2.24, 2.45) is 0 Å². The highest BCUT2D eigenvalue weighted by atomic mass is 32.2. The number of benzene rings is 3. The van der Waals surface area contributed by atoms with Gasteiger partial charge in [0, 0.05) is 36.2 Å². The Morgan fingerprint density at radius 2 is 1.59 bits per heavy atom. The summed E-state index contributed by atoms with van der Waals surface area (Å²) in [5.74, 6) is -0.402. The van der Waals surface area contributed by atoms with Gasteiger partial charge >= 0.3 is 6.18 Å². The zero-order valence-electron chi connectivity index (χ0n) is 21.1. The molecule has 0 aliphatic heterocycles. The van der Waals surface area contributed by atoms with Gasteiger partial charge in [-0.15, -0.1) is 0 Å². The number of sulfonamides is 1. The van der Waals surface area contributed by atoms with Crippen molar-refractivity contribution in [3.05, 3.63) is 102 Å². The molecule has 0 radical (unpaired) electrons. The van der Waals surface area contributed by atoms with E-state index in [0.29, 0.717) is 24.8 Å². The molecule has 1 aromatic heterocycles. The number of nitrogens with one attached hydrogen (secondary N) is 1. The molecule has 0 atom stereocenters. The van der Waals surface area contributed by atoms with E-state index in [9.17, 15) is 26.4 Å². The van der Waals surface area contributed by atoms with Gasteiger partial charge in [0.1, 0.15) is 0 Å². The molecule has 0 saturated heterocycles. The third kappa shape index (κ3) is 6.17. The topological polar surface area (TPSA) is 73.5 Å². The number of nitrogens with zero attached hydrogens (tertiary/aromatic N) is 2. The molecule has 1 saturated carbocycles. The zero-order chi connectivity index (χ0) is 27.6. The van der Waals surface area contributed by atoms with E-state index in [4.69, 9.17) is 0 Å². The monoisotopic (exact) mass is 555 g/mol. The van der Waals surface area contributed by atoms with Crippen molar-refractivity contribution in [1.82, 2.24) is 14.2 Å². The van der Waals surface area contributed by atoms with Gasteiger partial charge in [0.05, 0.1) is 17.0 Å². The quantitative estimate of drug-likeness (QED) is 0.276. The number of para-hydroxylation sites is 1. The molecular formula is C29H28F3N3O3S. The summed E-state index contributed by atoms with van der Waals surface area (Å²) in [6, 6.07) is 20.2. The average Bonchev–Trinajstić information content (AvgIpc) is 3.68. The molecule has 39 heavy (non-hydrogen) atoms. The van der Waals surface area contributed by atoms with Crippen molar-refractivity contribution < 1.29 is 26.4 Å². The normalized spacial score (nSPS) is 14.2. The van der Waals surface area contributed by atoms with Gasteiger partial charge in [-0.05, 0) is 60.7 Å². The Labute approximate surface area is 225 Å². The van der Waals surface area contributed by atoms with E-state index in [-0.39, 0.29) is 30.6 Å². The van der Waals surface area contributed by atoms with Crippen LogP contribution >= 0.6 is 0 Å². The number of aromatic nitrogens is 1. The molecule has 4 aromatic rings. The maximum absolute atomic E-state index is 13.6. The predicted octanol–water partition coefficient (Wildman–Crippen LogP) is 5.61. The van der Waals surface area contributed by atoms with Crippen molar-refractivity contribution in [2.75, 3.05) is 13.1 Å². The van der Waals surface area contributed by atoms with E-state index in [1.807, 2.05) is 30.5 Å². The van der Waals surface area contributed by atoms with Crippen LogP contribution in [-0.4, -0.2) is 47.6 Å². The summed E-state index contributed by atoms with van der Waals surface area (Å²) in [6.45, 7) is -0.00871. The largest absolute Gasteiger partial charge is 0.416 e. The summed E-state index contributed by atoms with van der Waals surface area (Å²) in [6.07, 6.45) is -0.742. The lowest BCUT2D eigenvalue weighted by atomic mass is 10.1. The highest BCUT2D eigenvalue weighted by Gasteiger charge is 2.40. The van der Waals surface area contributed by atoms with Crippen molar-refractivity contribution in [1.29, 1.82) is 0 Å². The van der Waals surface area contributed by atoms with Crippen LogP contribution in [0, 0.1) is 0 Å². The molecule has 0 unspecified atom stereocenters. The van der Waals surface area contributed by atoms with E-state index >= 15 is 0 Å². The third-order valence-electron chi connectivity index (χ3n) is 6.93. The maximum atomic E-state index is 13.6. The van der Waals surface area contributed by atoms with Gasteiger partial charge in [-0.2, -0.15) is 17.5 Å². The van der Waals surface area contributed by atoms with Gasteiger partial charge in [0.25, 0.3) is 0 Å². The van der Waals surface area contributed by atoms with Crippen molar-refractivity contribution in [2.45, 2.75) is 42.9 Å². The van der Waals surface area contributed by atoms with Crippen molar-refractivity contribution in [3.8, 4) is 0 Å². The Morgan fingerprint density at radius 3 is 2.26 bits per heavy atom. The summed E-state index contributed by atoms with van der Waals surface area (Å²) in [5.41, 5.74) is 1.71. The fourth-order valence-corrected chi connectivity index (χ4v) is 6.29. The molecule has 1 heterocycles.